The molecule has 0 spiro atoms. The lowest BCUT2D eigenvalue weighted by Crippen LogP contribution is -2.16. The fourth-order valence-corrected chi connectivity index (χ4v) is 1.50. The van der Waals surface area contributed by atoms with Crippen molar-refractivity contribution in [1.29, 1.82) is 0 Å². The number of carboxylic acid groups (broad SMARTS) is 1. The Morgan fingerprint density at radius 3 is 2.79 bits per heavy atom. The molecule has 0 saturated heterocycles. The molecule has 0 radical (unpaired) electrons. The molecular formula is C13H19N3O3. The zero-order valence-corrected chi connectivity index (χ0v) is 11.3. The van der Waals surface area contributed by atoms with Crippen molar-refractivity contribution in [2.75, 3.05) is 25.1 Å². The quantitative estimate of drug-likeness (QED) is 0.550. The zero-order valence-electron chi connectivity index (χ0n) is 11.3. The van der Waals surface area contributed by atoms with Crippen LogP contribution in [0.4, 0.5) is 5.82 Å². The second-order valence-corrected chi connectivity index (χ2v) is 4.06. The predicted molar refractivity (Wildman–Crippen MR) is 72.6 cm³/mol. The molecule has 6 nitrogen and oxygen atoms in total. The molecule has 0 saturated carbocycles. The van der Waals surface area contributed by atoms with Crippen LogP contribution in [0.1, 0.15) is 28.0 Å². The molecule has 6 heteroatoms. The topological polar surface area (TPSA) is 84.3 Å². The van der Waals surface area contributed by atoms with Gasteiger partial charge in [0.15, 0.2) is 5.82 Å². The molecule has 0 aliphatic carbocycles. The summed E-state index contributed by atoms with van der Waals surface area (Å²) >= 11 is 0. The smallest absolute Gasteiger partial charge is 0.339 e. The van der Waals surface area contributed by atoms with Gasteiger partial charge >= 0.3 is 5.97 Å². The third-order valence-electron chi connectivity index (χ3n) is 2.67. The summed E-state index contributed by atoms with van der Waals surface area (Å²) in [7, 11) is 0. The van der Waals surface area contributed by atoms with Crippen LogP contribution in [0.15, 0.2) is 12.7 Å². The van der Waals surface area contributed by atoms with Crippen LogP contribution in [0.25, 0.3) is 0 Å². The molecule has 104 valence electrons. The maximum atomic E-state index is 11.2. The van der Waals surface area contributed by atoms with E-state index in [9.17, 15) is 9.90 Å². The maximum Gasteiger partial charge on any atom is 0.339 e. The minimum absolute atomic E-state index is 0.165. The highest BCUT2D eigenvalue weighted by Crippen LogP contribution is 2.17. The first kappa shape index (κ1) is 15.1. The van der Waals surface area contributed by atoms with Gasteiger partial charge in [0.05, 0.1) is 18.9 Å². The molecule has 1 rings (SSSR count). The predicted octanol–water partition coefficient (Wildman–Crippen LogP) is 1.80. The monoisotopic (exact) mass is 265 g/mol. The Balaban J connectivity index is 2.61. The van der Waals surface area contributed by atoms with Gasteiger partial charge < -0.3 is 15.2 Å². The van der Waals surface area contributed by atoms with Crippen molar-refractivity contribution in [2.24, 2.45) is 0 Å². The second-order valence-electron chi connectivity index (χ2n) is 4.06. The van der Waals surface area contributed by atoms with E-state index >= 15 is 0 Å². The minimum Gasteiger partial charge on any atom is -0.478 e. The molecule has 2 N–H and O–H groups in total. The van der Waals surface area contributed by atoms with Gasteiger partial charge in [-0.3, -0.25) is 0 Å². The van der Waals surface area contributed by atoms with Crippen molar-refractivity contribution in [3.05, 3.63) is 29.5 Å². The summed E-state index contributed by atoms with van der Waals surface area (Å²) in [6.45, 7) is 8.61. The van der Waals surface area contributed by atoms with E-state index in [1.165, 1.54) is 0 Å². The number of aryl methyl sites for hydroxylation is 1. The molecule has 0 aliphatic rings. The van der Waals surface area contributed by atoms with Crippen LogP contribution in [-0.2, 0) is 4.74 Å². The van der Waals surface area contributed by atoms with Gasteiger partial charge in [-0.05, 0) is 25.8 Å². The molecule has 1 aromatic rings. The molecule has 19 heavy (non-hydrogen) atoms. The standard InChI is InChI=1S/C13H19N3O3/c1-4-5-7-19-8-6-14-12-11(13(17)18)9(2)10(3)15-16-12/h4H,1,5-8H2,2-3H3,(H,14,16)(H,17,18). The van der Waals surface area contributed by atoms with Crippen molar-refractivity contribution in [2.45, 2.75) is 20.3 Å². The van der Waals surface area contributed by atoms with Gasteiger partial charge in [0, 0.05) is 6.54 Å². The van der Waals surface area contributed by atoms with Gasteiger partial charge in [0.2, 0.25) is 0 Å². The van der Waals surface area contributed by atoms with E-state index in [4.69, 9.17) is 4.74 Å². The van der Waals surface area contributed by atoms with Crippen molar-refractivity contribution in [3.8, 4) is 0 Å². The van der Waals surface area contributed by atoms with Crippen molar-refractivity contribution < 1.29 is 14.6 Å². The summed E-state index contributed by atoms with van der Waals surface area (Å²) in [6, 6.07) is 0. The van der Waals surface area contributed by atoms with Crippen LogP contribution in [0, 0.1) is 13.8 Å². The number of nitrogens with one attached hydrogen (secondary N) is 1. The Morgan fingerprint density at radius 1 is 1.42 bits per heavy atom. The van der Waals surface area contributed by atoms with Crippen LogP contribution in [-0.4, -0.2) is 41.0 Å². The van der Waals surface area contributed by atoms with Gasteiger partial charge in [-0.15, -0.1) is 11.7 Å². The minimum atomic E-state index is -1.01. The number of nitrogens with zero attached hydrogens (tertiary/aromatic N) is 2. The highest BCUT2D eigenvalue weighted by atomic mass is 16.5. The summed E-state index contributed by atoms with van der Waals surface area (Å²) in [5.41, 5.74) is 1.40. The Hall–Kier alpha value is -1.95. The second kappa shape index (κ2) is 7.48. The van der Waals surface area contributed by atoms with E-state index in [-0.39, 0.29) is 11.4 Å². The Labute approximate surface area is 112 Å². The Bertz CT molecular complexity index is 461. The molecule has 0 fully saturated rings. The highest BCUT2D eigenvalue weighted by molar-refractivity contribution is 5.94. The van der Waals surface area contributed by atoms with Gasteiger partial charge in [0.1, 0.15) is 5.56 Å². The van der Waals surface area contributed by atoms with Crippen LogP contribution in [0.2, 0.25) is 0 Å². The van der Waals surface area contributed by atoms with Gasteiger partial charge in [-0.2, -0.15) is 5.10 Å². The number of carboxylic acids is 1. The van der Waals surface area contributed by atoms with E-state index in [1.807, 2.05) is 0 Å². The van der Waals surface area contributed by atoms with Gasteiger partial charge in [-0.1, -0.05) is 6.08 Å². The van der Waals surface area contributed by atoms with Crippen molar-refractivity contribution in [3.63, 3.8) is 0 Å². The third-order valence-corrected chi connectivity index (χ3v) is 2.67. The maximum absolute atomic E-state index is 11.2. The molecule has 0 bridgehead atoms. The van der Waals surface area contributed by atoms with E-state index in [0.717, 1.165) is 6.42 Å². The lowest BCUT2D eigenvalue weighted by molar-refractivity contribution is 0.0696. The number of anilines is 1. The first-order valence-corrected chi connectivity index (χ1v) is 6.07. The third kappa shape index (κ3) is 4.33. The zero-order chi connectivity index (χ0) is 14.3. The van der Waals surface area contributed by atoms with Crippen LogP contribution in [0.5, 0.6) is 0 Å². The number of rotatable bonds is 8. The average Bonchev–Trinajstić information content (AvgIpc) is 2.37. The van der Waals surface area contributed by atoms with Crippen molar-refractivity contribution in [1.82, 2.24) is 10.2 Å². The first-order valence-electron chi connectivity index (χ1n) is 6.07. The van der Waals surface area contributed by atoms with Gasteiger partial charge in [0.25, 0.3) is 0 Å². The van der Waals surface area contributed by atoms with Crippen LogP contribution in [0.3, 0.4) is 0 Å². The fraction of sp³-hybridized carbons (Fsp3) is 0.462. The fourth-order valence-electron chi connectivity index (χ4n) is 1.50. The lowest BCUT2D eigenvalue weighted by Gasteiger charge is -2.11. The SMILES string of the molecule is C=CCCOCCNc1nnc(C)c(C)c1C(=O)O. The summed E-state index contributed by atoms with van der Waals surface area (Å²) in [5.74, 6) is -0.728. The summed E-state index contributed by atoms with van der Waals surface area (Å²) in [5, 5.41) is 19.9. The molecule has 0 unspecified atom stereocenters. The van der Waals surface area contributed by atoms with E-state index < -0.39 is 5.97 Å². The number of ether oxygens (including phenoxy) is 1. The molecular weight excluding hydrogens is 246 g/mol. The number of carbonyl (C=O) groups is 1. The van der Waals surface area contributed by atoms with Gasteiger partial charge in [-0.25, -0.2) is 4.79 Å². The number of aromatic carboxylic acids is 1. The molecule has 0 amide bonds. The number of hydrogen-bond acceptors (Lipinski definition) is 5. The average molecular weight is 265 g/mol. The van der Waals surface area contributed by atoms with E-state index in [1.54, 1.807) is 19.9 Å². The van der Waals surface area contributed by atoms with E-state index in [2.05, 4.69) is 22.1 Å². The summed E-state index contributed by atoms with van der Waals surface area (Å²) < 4.78 is 5.32. The lowest BCUT2D eigenvalue weighted by atomic mass is 10.1. The van der Waals surface area contributed by atoms with Crippen LogP contribution >= 0.6 is 0 Å². The van der Waals surface area contributed by atoms with Crippen LogP contribution < -0.4 is 5.32 Å². The number of hydrogen-bond donors (Lipinski definition) is 2. The van der Waals surface area contributed by atoms with Crippen molar-refractivity contribution >= 4 is 11.8 Å². The summed E-state index contributed by atoms with van der Waals surface area (Å²) in [6.07, 6.45) is 2.58. The normalized spacial score (nSPS) is 10.2. The Kier molecular flexibility index (Phi) is 5.95. The molecule has 1 aromatic heterocycles. The van der Waals surface area contributed by atoms with E-state index in [0.29, 0.717) is 31.0 Å². The first-order chi connectivity index (χ1) is 9.07. The summed E-state index contributed by atoms with van der Waals surface area (Å²) in [4.78, 5) is 11.2. The molecule has 0 aliphatic heterocycles. The molecule has 1 heterocycles. The molecule has 0 aromatic carbocycles. The number of aromatic nitrogens is 2. The highest BCUT2D eigenvalue weighted by Gasteiger charge is 2.17. The Morgan fingerprint density at radius 2 is 2.16 bits per heavy atom. The largest absolute Gasteiger partial charge is 0.478 e. The molecule has 0 atom stereocenters.